The van der Waals surface area contributed by atoms with Gasteiger partial charge in [-0.3, -0.25) is 9.59 Å². The maximum atomic E-state index is 12.5. The molecule has 0 aliphatic heterocycles. The van der Waals surface area contributed by atoms with Gasteiger partial charge in [-0.15, -0.1) is 0 Å². The summed E-state index contributed by atoms with van der Waals surface area (Å²) in [5.41, 5.74) is 0.429. The fourth-order valence-corrected chi connectivity index (χ4v) is 2.58. The molecule has 1 N–H and O–H groups in total. The number of fused-ring (bicyclic) bond motifs is 1. The molecule has 2 atom stereocenters. The molecule has 132 valence electrons. The molecule has 0 heterocycles. The molecule has 6 heteroatoms. The lowest BCUT2D eigenvalue weighted by molar-refractivity contribution is -0.147. The normalized spacial score (nSPS) is 12.9. The molecule has 1 amide bonds. The molecular weight excluding hydrogens is 322 g/mol. The van der Waals surface area contributed by atoms with Crippen molar-refractivity contribution in [2.24, 2.45) is 5.92 Å². The molecule has 0 radical (unpaired) electrons. The Morgan fingerprint density at radius 1 is 0.960 bits per heavy atom. The molecule has 25 heavy (non-hydrogen) atoms. The van der Waals surface area contributed by atoms with Crippen molar-refractivity contribution in [3.05, 3.63) is 48.0 Å². The minimum Gasteiger partial charge on any atom is -0.469 e. The third kappa shape index (κ3) is 4.56. The van der Waals surface area contributed by atoms with E-state index < -0.39 is 29.8 Å². The van der Waals surface area contributed by atoms with Crippen molar-refractivity contribution in [3.63, 3.8) is 0 Å². The molecule has 2 aromatic rings. The second kappa shape index (κ2) is 8.28. The van der Waals surface area contributed by atoms with Gasteiger partial charge in [0, 0.05) is 5.56 Å². The number of carbonyl (C=O) groups excluding carboxylic acids is 3. The molecule has 2 aromatic carbocycles. The molecular formula is C19H21NO5. The SMILES string of the molecule is COC(=O)[C@@H](C)C[C@@H](NC(=O)c1ccc2ccccc2c1)C(=O)OC. The lowest BCUT2D eigenvalue weighted by Crippen LogP contribution is -2.43. The minimum absolute atomic E-state index is 0.0959. The van der Waals surface area contributed by atoms with Crippen LogP contribution in [0, 0.1) is 5.92 Å². The van der Waals surface area contributed by atoms with E-state index >= 15 is 0 Å². The average Bonchev–Trinajstić information content (AvgIpc) is 2.65. The molecule has 6 nitrogen and oxygen atoms in total. The van der Waals surface area contributed by atoms with Crippen LogP contribution in [-0.2, 0) is 19.1 Å². The maximum Gasteiger partial charge on any atom is 0.328 e. The number of nitrogens with one attached hydrogen (secondary N) is 1. The van der Waals surface area contributed by atoms with E-state index in [4.69, 9.17) is 4.74 Å². The largest absolute Gasteiger partial charge is 0.469 e. The van der Waals surface area contributed by atoms with Crippen LogP contribution in [0.2, 0.25) is 0 Å². The number of rotatable bonds is 6. The highest BCUT2D eigenvalue weighted by atomic mass is 16.5. The molecule has 0 saturated heterocycles. The lowest BCUT2D eigenvalue weighted by atomic mass is 10.0. The first-order valence-corrected chi connectivity index (χ1v) is 7.91. The highest BCUT2D eigenvalue weighted by molar-refractivity contribution is 6.00. The van der Waals surface area contributed by atoms with E-state index in [9.17, 15) is 14.4 Å². The molecule has 0 aliphatic rings. The highest BCUT2D eigenvalue weighted by Gasteiger charge is 2.27. The van der Waals surface area contributed by atoms with Crippen LogP contribution in [0.4, 0.5) is 0 Å². The number of esters is 2. The molecule has 0 bridgehead atoms. The summed E-state index contributed by atoms with van der Waals surface area (Å²) >= 11 is 0. The Morgan fingerprint density at radius 3 is 2.24 bits per heavy atom. The Labute approximate surface area is 146 Å². The van der Waals surface area contributed by atoms with E-state index in [2.05, 4.69) is 10.1 Å². The third-order valence-corrected chi connectivity index (χ3v) is 4.00. The van der Waals surface area contributed by atoms with Gasteiger partial charge in [0.1, 0.15) is 6.04 Å². The number of hydrogen-bond acceptors (Lipinski definition) is 5. The fraction of sp³-hybridized carbons (Fsp3) is 0.316. The predicted molar refractivity (Wildman–Crippen MR) is 93.0 cm³/mol. The van der Waals surface area contributed by atoms with Crippen LogP contribution in [0.15, 0.2) is 42.5 Å². The maximum absolute atomic E-state index is 12.5. The van der Waals surface area contributed by atoms with Crippen molar-refractivity contribution in [3.8, 4) is 0 Å². The van der Waals surface area contributed by atoms with Gasteiger partial charge in [-0.05, 0) is 29.3 Å². The van der Waals surface area contributed by atoms with Crippen molar-refractivity contribution >= 4 is 28.6 Å². The first-order valence-electron chi connectivity index (χ1n) is 7.91. The zero-order chi connectivity index (χ0) is 18.4. The Balaban J connectivity index is 2.17. The smallest absolute Gasteiger partial charge is 0.328 e. The summed E-state index contributed by atoms with van der Waals surface area (Å²) in [5.74, 6) is -2.01. The van der Waals surface area contributed by atoms with Crippen LogP contribution in [0.3, 0.4) is 0 Å². The number of methoxy groups -OCH3 is 2. The number of carbonyl (C=O) groups is 3. The Hall–Kier alpha value is -2.89. The molecule has 0 saturated carbocycles. The van der Waals surface area contributed by atoms with E-state index in [0.717, 1.165) is 10.8 Å². The summed E-state index contributed by atoms with van der Waals surface area (Å²) in [5, 5.41) is 4.58. The lowest BCUT2D eigenvalue weighted by Gasteiger charge is -2.19. The van der Waals surface area contributed by atoms with Crippen molar-refractivity contribution in [2.75, 3.05) is 14.2 Å². The number of hydrogen-bond donors (Lipinski definition) is 1. The van der Waals surface area contributed by atoms with Crippen molar-refractivity contribution < 1.29 is 23.9 Å². The van der Waals surface area contributed by atoms with E-state index in [1.54, 1.807) is 19.1 Å². The van der Waals surface area contributed by atoms with E-state index in [1.165, 1.54) is 14.2 Å². The Kier molecular flexibility index (Phi) is 6.11. The van der Waals surface area contributed by atoms with E-state index in [1.807, 2.05) is 30.3 Å². The number of benzene rings is 2. The van der Waals surface area contributed by atoms with Crippen LogP contribution >= 0.6 is 0 Å². The zero-order valence-corrected chi connectivity index (χ0v) is 14.4. The summed E-state index contributed by atoms with van der Waals surface area (Å²) in [4.78, 5) is 36.0. The summed E-state index contributed by atoms with van der Waals surface area (Å²) in [6, 6.07) is 12.0. The minimum atomic E-state index is -0.932. The average molecular weight is 343 g/mol. The summed E-state index contributed by atoms with van der Waals surface area (Å²) in [6.07, 6.45) is 0.0959. The quantitative estimate of drug-likeness (QED) is 0.814. The van der Waals surface area contributed by atoms with Crippen LogP contribution < -0.4 is 5.32 Å². The van der Waals surface area contributed by atoms with Gasteiger partial charge in [0.05, 0.1) is 20.1 Å². The van der Waals surface area contributed by atoms with Gasteiger partial charge in [0.25, 0.3) is 5.91 Å². The van der Waals surface area contributed by atoms with Gasteiger partial charge in [0.15, 0.2) is 0 Å². The Bertz CT molecular complexity index is 786. The van der Waals surface area contributed by atoms with Crippen molar-refractivity contribution in [1.29, 1.82) is 0 Å². The first kappa shape index (κ1) is 18.4. The number of amides is 1. The standard InChI is InChI=1S/C19H21NO5/c1-12(18(22)24-2)10-16(19(23)25-3)20-17(21)15-9-8-13-6-4-5-7-14(13)11-15/h4-9,11-12,16H,10H2,1-3H3,(H,20,21)/t12-,16+/m0/s1. The van der Waals surface area contributed by atoms with Crippen molar-refractivity contribution in [2.45, 2.75) is 19.4 Å². The van der Waals surface area contributed by atoms with Gasteiger partial charge in [-0.25, -0.2) is 4.79 Å². The van der Waals surface area contributed by atoms with Gasteiger partial charge in [0.2, 0.25) is 0 Å². The topological polar surface area (TPSA) is 81.7 Å². The predicted octanol–water partition coefficient (Wildman–Crippen LogP) is 2.31. The molecule has 2 rings (SSSR count). The summed E-state index contributed by atoms with van der Waals surface area (Å²) in [7, 11) is 2.51. The molecule has 0 fully saturated rings. The second-order valence-corrected chi connectivity index (χ2v) is 5.77. The summed E-state index contributed by atoms with van der Waals surface area (Å²) < 4.78 is 9.39. The molecule has 0 spiro atoms. The van der Waals surface area contributed by atoms with Gasteiger partial charge >= 0.3 is 11.9 Å². The highest BCUT2D eigenvalue weighted by Crippen LogP contribution is 2.16. The fourth-order valence-electron chi connectivity index (χ4n) is 2.58. The molecule has 0 unspecified atom stereocenters. The second-order valence-electron chi connectivity index (χ2n) is 5.77. The van der Waals surface area contributed by atoms with Crippen LogP contribution in [0.5, 0.6) is 0 Å². The third-order valence-electron chi connectivity index (χ3n) is 4.00. The zero-order valence-electron chi connectivity index (χ0n) is 14.4. The molecule has 0 aromatic heterocycles. The monoisotopic (exact) mass is 343 g/mol. The van der Waals surface area contributed by atoms with E-state index in [-0.39, 0.29) is 6.42 Å². The molecule has 0 aliphatic carbocycles. The van der Waals surface area contributed by atoms with Crippen LogP contribution in [0.1, 0.15) is 23.7 Å². The number of ether oxygens (including phenoxy) is 2. The first-order chi connectivity index (χ1) is 12.0. The van der Waals surface area contributed by atoms with Crippen molar-refractivity contribution in [1.82, 2.24) is 5.32 Å². The van der Waals surface area contributed by atoms with Gasteiger partial charge < -0.3 is 14.8 Å². The van der Waals surface area contributed by atoms with Crippen LogP contribution in [-0.4, -0.2) is 38.1 Å². The van der Waals surface area contributed by atoms with E-state index in [0.29, 0.717) is 5.56 Å². The van der Waals surface area contributed by atoms with Gasteiger partial charge in [-0.2, -0.15) is 0 Å². The summed E-state index contributed by atoms with van der Waals surface area (Å²) in [6.45, 7) is 1.63. The van der Waals surface area contributed by atoms with Crippen LogP contribution in [0.25, 0.3) is 10.8 Å². The van der Waals surface area contributed by atoms with Gasteiger partial charge in [-0.1, -0.05) is 37.3 Å². The Morgan fingerprint density at radius 2 is 1.60 bits per heavy atom.